The molecule has 2 aromatic heterocycles. The van der Waals surface area contributed by atoms with Gasteiger partial charge in [-0.25, -0.2) is 4.98 Å². The summed E-state index contributed by atoms with van der Waals surface area (Å²) in [5, 5.41) is 7.70. The van der Waals surface area contributed by atoms with Gasteiger partial charge >= 0.3 is 0 Å². The molecule has 3 aromatic rings. The van der Waals surface area contributed by atoms with Crippen molar-refractivity contribution in [1.29, 1.82) is 0 Å². The predicted octanol–water partition coefficient (Wildman–Crippen LogP) is 3.38. The molecular weight excluding hydrogens is 390 g/mol. The first-order valence-electron chi connectivity index (χ1n) is 9.22. The third-order valence-corrected chi connectivity index (χ3v) is 7.01. The van der Waals surface area contributed by atoms with Gasteiger partial charge in [-0.1, -0.05) is 18.2 Å². The SMILES string of the molecule is NCC1(N)CCN(c2ccccc2NC(=O)c2csc(-c3cccs3)n2)CC1. The number of piperidine rings is 1. The average molecular weight is 414 g/mol. The molecule has 0 aliphatic carbocycles. The summed E-state index contributed by atoms with van der Waals surface area (Å²) in [6.45, 7) is 2.13. The number of nitrogens with one attached hydrogen (secondary N) is 1. The van der Waals surface area contributed by atoms with Gasteiger partial charge in [-0.05, 0) is 36.4 Å². The number of anilines is 2. The fourth-order valence-corrected chi connectivity index (χ4v) is 4.94. The Morgan fingerprint density at radius 3 is 2.68 bits per heavy atom. The topological polar surface area (TPSA) is 97.3 Å². The van der Waals surface area contributed by atoms with Crippen LogP contribution in [0.1, 0.15) is 23.3 Å². The molecule has 1 fully saturated rings. The summed E-state index contributed by atoms with van der Waals surface area (Å²) in [6, 6.07) is 11.9. The van der Waals surface area contributed by atoms with Crippen LogP contribution in [0.2, 0.25) is 0 Å². The Bertz CT molecular complexity index is 945. The smallest absolute Gasteiger partial charge is 0.275 e. The first-order chi connectivity index (χ1) is 13.6. The summed E-state index contributed by atoms with van der Waals surface area (Å²) in [6.07, 6.45) is 1.67. The molecule has 0 saturated carbocycles. The number of amides is 1. The first kappa shape index (κ1) is 19.1. The number of nitrogens with zero attached hydrogens (tertiary/aromatic N) is 2. The summed E-state index contributed by atoms with van der Waals surface area (Å²) in [7, 11) is 0. The average Bonchev–Trinajstić information content (AvgIpc) is 3.41. The molecule has 1 amide bonds. The lowest BCUT2D eigenvalue weighted by Crippen LogP contribution is -2.55. The van der Waals surface area contributed by atoms with Crippen LogP contribution in [0.15, 0.2) is 47.2 Å². The van der Waals surface area contributed by atoms with E-state index in [1.807, 2.05) is 41.8 Å². The lowest BCUT2D eigenvalue weighted by molar-refractivity contribution is 0.102. The molecule has 0 bridgehead atoms. The molecule has 6 nitrogen and oxygen atoms in total. The van der Waals surface area contributed by atoms with Crippen molar-refractivity contribution >= 4 is 40.0 Å². The minimum Gasteiger partial charge on any atom is -0.370 e. The Morgan fingerprint density at radius 1 is 1.18 bits per heavy atom. The van der Waals surface area contributed by atoms with Crippen molar-refractivity contribution in [2.75, 3.05) is 29.9 Å². The highest BCUT2D eigenvalue weighted by atomic mass is 32.1. The van der Waals surface area contributed by atoms with Crippen molar-refractivity contribution < 1.29 is 4.79 Å². The van der Waals surface area contributed by atoms with Gasteiger partial charge in [0.05, 0.1) is 16.3 Å². The molecule has 146 valence electrons. The van der Waals surface area contributed by atoms with Crippen molar-refractivity contribution in [2.24, 2.45) is 11.5 Å². The number of para-hydroxylation sites is 2. The lowest BCUT2D eigenvalue weighted by Gasteiger charge is -2.40. The number of nitrogens with two attached hydrogens (primary N) is 2. The second-order valence-corrected chi connectivity index (χ2v) is 8.85. The van der Waals surface area contributed by atoms with Crippen LogP contribution in [0.25, 0.3) is 9.88 Å². The normalized spacial score (nSPS) is 16.1. The number of thiophene rings is 1. The zero-order valence-electron chi connectivity index (χ0n) is 15.4. The molecule has 4 rings (SSSR count). The molecule has 0 radical (unpaired) electrons. The second-order valence-electron chi connectivity index (χ2n) is 7.04. The number of carbonyl (C=O) groups excluding carboxylic acids is 1. The van der Waals surface area contributed by atoms with Gasteiger partial charge in [0.2, 0.25) is 0 Å². The van der Waals surface area contributed by atoms with Crippen molar-refractivity contribution in [1.82, 2.24) is 4.98 Å². The Balaban J connectivity index is 1.49. The highest BCUT2D eigenvalue weighted by Crippen LogP contribution is 2.31. The van der Waals surface area contributed by atoms with Crippen molar-refractivity contribution in [3.05, 3.63) is 52.9 Å². The maximum absolute atomic E-state index is 12.8. The molecule has 0 spiro atoms. The summed E-state index contributed by atoms with van der Waals surface area (Å²) in [4.78, 5) is 20.6. The molecule has 28 heavy (non-hydrogen) atoms. The number of benzene rings is 1. The number of carbonyl (C=O) groups is 1. The molecule has 8 heteroatoms. The molecule has 1 aliphatic rings. The van der Waals surface area contributed by atoms with E-state index in [0.29, 0.717) is 12.2 Å². The molecular formula is C20H23N5OS2. The fraction of sp³-hybridized carbons (Fsp3) is 0.300. The summed E-state index contributed by atoms with van der Waals surface area (Å²) < 4.78 is 0. The van der Waals surface area contributed by atoms with Gasteiger partial charge in [-0.15, -0.1) is 22.7 Å². The largest absolute Gasteiger partial charge is 0.370 e. The highest BCUT2D eigenvalue weighted by molar-refractivity contribution is 7.20. The Labute approximate surface area is 172 Å². The summed E-state index contributed by atoms with van der Waals surface area (Å²) >= 11 is 3.10. The first-order valence-corrected chi connectivity index (χ1v) is 11.0. The van der Waals surface area contributed by atoms with E-state index in [1.54, 1.807) is 16.7 Å². The summed E-state index contributed by atoms with van der Waals surface area (Å²) in [5.74, 6) is -0.196. The molecule has 1 aromatic carbocycles. The van der Waals surface area contributed by atoms with E-state index in [4.69, 9.17) is 11.5 Å². The minimum atomic E-state index is -0.284. The molecule has 5 N–H and O–H groups in total. The van der Waals surface area contributed by atoms with Gasteiger partial charge in [-0.3, -0.25) is 4.79 Å². The van der Waals surface area contributed by atoms with E-state index < -0.39 is 0 Å². The van der Waals surface area contributed by atoms with Gasteiger partial charge in [-0.2, -0.15) is 0 Å². The number of hydrogen-bond acceptors (Lipinski definition) is 7. The molecule has 0 atom stereocenters. The van der Waals surface area contributed by atoms with E-state index in [0.717, 1.165) is 47.2 Å². The monoisotopic (exact) mass is 413 g/mol. The van der Waals surface area contributed by atoms with Crippen molar-refractivity contribution in [3.8, 4) is 9.88 Å². The minimum absolute atomic E-state index is 0.196. The van der Waals surface area contributed by atoms with Crippen molar-refractivity contribution in [3.63, 3.8) is 0 Å². The van der Waals surface area contributed by atoms with Gasteiger partial charge in [0, 0.05) is 30.6 Å². The maximum Gasteiger partial charge on any atom is 0.275 e. The third kappa shape index (κ3) is 3.95. The van der Waals surface area contributed by atoms with Crippen LogP contribution >= 0.6 is 22.7 Å². The van der Waals surface area contributed by atoms with Crippen LogP contribution in [0, 0.1) is 0 Å². The van der Waals surface area contributed by atoms with Gasteiger partial charge < -0.3 is 21.7 Å². The molecule has 1 aliphatic heterocycles. The molecule has 0 unspecified atom stereocenters. The van der Waals surface area contributed by atoms with E-state index in [1.165, 1.54) is 11.3 Å². The van der Waals surface area contributed by atoms with E-state index in [-0.39, 0.29) is 11.4 Å². The zero-order chi connectivity index (χ0) is 19.6. The van der Waals surface area contributed by atoms with E-state index in [2.05, 4.69) is 15.2 Å². The Morgan fingerprint density at radius 2 is 1.96 bits per heavy atom. The van der Waals surface area contributed by atoms with E-state index in [9.17, 15) is 4.79 Å². The molecule has 1 saturated heterocycles. The zero-order valence-corrected chi connectivity index (χ0v) is 17.1. The van der Waals surface area contributed by atoms with Crippen LogP contribution in [-0.4, -0.2) is 36.1 Å². The second kappa shape index (κ2) is 8.00. The van der Waals surface area contributed by atoms with Crippen LogP contribution in [0.3, 0.4) is 0 Å². The number of hydrogen-bond donors (Lipinski definition) is 3. The van der Waals surface area contributed by atoms with E-state index >= 15 is 0 Å². The lowest BCUT2D eigenvalue weighted by atomic mass is 9.88. The number of thiazole rings is 1. The van der Waals surface area contributed by atoms with Crippen LogP contribution in [0.5, 0.6) is 0 Å². The number of rotatable bonds is 5. The van der Waals surface area contributed by atoms with Crippen LogP contribution in [0.4, 0.5) is 11.4 Å². The fourth-order valence-electron chi connectivity index (χ4n) is 3.33. The van der Waals surface area contributed by atoms with Crippen LogP contribution in [-0.2, 0) is 0 Å². The predicted molar refractivity (Wildman–Crippen MR) is 117 cm³/mol. The standard InChI is InChI=1S/C20H23N5OS2/c21-13-20(22)7-9-25(10-8-20)16-5-2-1-4-14(16)23-18(26)15-12-28-19(24-15)17-6-3-11-27-17/h1-6,11-12H,7-10,13,21-22H2,(H,23,26). The van der Waals surface area contributed by atoms with Crippen molar-refractivity contribution in [2.45, 2.75) is 18.4 Å². The molecule has 3 heterocycles. The Kier molecular flexibility index (Phi) is 5.45. The third-order valence-electron chi connectivity index (χ3n) is 5.13. The summed E-state index contributed by atoms with van der Waals surface area (Å²) in [5.41, 5.74) is 14.1. The van der Waals surface area contributed by atoms with Gasteiger partial charge in [0.15, 0.2) is 0 Å². The Hall–Kier alpha value is -2.26. The van der Waals surface area contributed by atoms with Crippen LogP contribution < -0.4 is 21.7 Å². The maximum atomic E-state index is 12.8. The van der Waals surface area contributed by atoms with Gasteiger partial charge in [0.25, 0.3) is 5.91 Å². The number of aromatic nitrogens is 1. The highest BCUT2D eigenvalue weighted by Gasteiger charge is 2.30. The van der Waals surface area contributed by atoms with Gasteiger partial charge in [0.1, 0.15) is 10.7 Å². The quantitative estimate of drug-likeness (QED) is 0.596.